The number of nitrogens with zero attached hydrogens (tertiary/aromatic N) is 1. The zero-order valence-corrected chi connectivity index (χ0v) is 11.6. The second-order valence-corrected chi connectivity index (χ2v) is 5.02. The zero-order valence-electron chi connectivity index (χ0n) is 10.9. The molecule has 4 heteroatoms. The molecule has 1 heterocycles. The Morgan fingerprint density at radius 1 is 1.50 bits per heavy atom. The van der Waals surface area contributed by atoms with Gasteiger partial charge in [-0.15, -0.1) is 0 Å². The Morgan fingerprint density at radius 2 is 2.33 bits per heavy atom. The van der Waals surface area contributed by atoms with E-state index in [-0.39, 0.29) is 0 Å². The van der Waals surface area contributed by atoms with Crippen LogP contribution < -0.4 is 10.6 Å². The topological polar surface area (TPSA) is 38.5 Å². The molecule has 0 aliphatic carbocycles. The van der Waals surface area contributed by atoms with Crippen molar-refractivity contribution < 1.29 is 4.74 Å². The lowest BCUT2D eigenvalue weighted by atomic mass is 10.1. The molecule has 18 heavy (non-hydrogen) atoms. The highest BCUT2D eigenvalue weighted by molar-refractivity contribution is 6.33. The van der Waals surface area contributed by atoms with Crippen LogP contribution in [0.15, 0.2) is 18.2 Å². The van der Waals surface area contributed by atoms with E-state index in [4.69, 9.17) is 22.1 Å². The van der Waals surface area contributed by atoms with Crippen LogP contribution in [0.4, 0.5) is 5.69 Å². The van der Waals surface area contributed by atoms with Crippen LogP contribution in [0, 0.1) is 0 Å². The van der Waals surface area contributed by atoms with Gasteiger partial charge >= 0.3 is 0 Å². The minimum absolute atomic E-state index is 0.412. The third kappa shape index (κ3) is 2.79. The second-order valence-electron chi connectivity index (χ2n) is 4.62. The molecule has 0 radical (unpaired) electrons. The molecule has 1 atom stereocenters. The number of para-hydroxylation sites is 1. The van der Waals surface area contributed by atoms with Crippen LogP contribution in [0.25, 0.3) is 0 Å². The quantitative estimate of drug-likeness (QED) is 0.912. The van der Waals surface area contributed by atoms with E-state index in [1.54, 1.807) is 0 Å². The number of hydrogen-bond donors (Lipinski definition) is 1. The SMILES string of the molecule is CCC1COCCN1c1c(Cl)cccc1CCN. The first-order valence-electron chi connectivity index (χ1n) is 6.59. The van der Waals surface area contributed by atoms with Gasteiger partial charge in [-0.25, -0.2) is 0 Å². The fourth-order valence-corrected chi connectivity index (χ4v) is 2.83. The number of hydrogen-bond acceptors (Lipinski definition) is 3. The van der Waals surface area contributed by atoms with Gasteiger partial charge in [-0.3, -0.25) is 0 Å². The van der Waals surface area contributed by atoms with Crippen molar-refractivity contribution in [1.29, 1.82) is 0 Å². The van der Waals surface area contributed by atoms with Gasteiger partial charge in [0.2, 0.25) is 0 Å². The first kappa shape index (κ1) is 13.7. The van der Waals surface area contributed by atoms with Gasteiger partial charge in [-0.05, 0) is 31.0 Å². The number of ether oxygens (including phenoxy) is 1. The molecule has 1 unspecified atom stereocenters. The molecule has 0 amide bonds. The minimum Gasteiger partial charge on any atom is -0.377 e. The summed E-state index contributed by atoms with van der Waals surface area (Å²) < 4.78 is 5.55. The maximum absolute atomic E-state index is 6.40. The van der Waals surface area contributed by atoms with E-state index in [0.29, 0.717) is 12.6 Å². The molecule has 0 bridgehead atoms. The maximum Gasteiger partial charge on any atom is 0.0670 e. The Bertz CT molecular complexity index is 397. The van der Waals surface area contributed by atoms with Gasteiger partial charge in [0.1, 0.15) is 0 Å². The van der Waals surface area contributed by atoms with Crippen molar-refractivity contribution in [1.82, 2.24) is 0 Å². The molecule has 100 valence electrons. The predicted octanol–water partition coefficient (Wildman–Crippen LogP) is 2.46. The summed E-state index contributed by atoms with van der Waals surface area (Å²) in [4.78, 5) is 2.39. The van der Waals surface area contributed by atoms with Crippen LogP contribution in [0.5, 0.6) is 0 Å². The largest absolute Gasteiger partial charge is 0.377 e. The maximum atomic E-state index is 6.40. The molecule has 1 aliphatic heterocycles. The Balaban J connectivity index is 2.35. The van der Waals surface area contributed by atoms with Crippen molar-refractivity contribution in [2.75, 3.05) is 31.2 Å². The van der Waals surface area contributed by atoms with E-state index < -0.39 is 0 Å². The van der Waals surface area contributed by atoms with Gasteiger partial charge in [0, 0.05) is 6.54 Å². The fraction of sp³-hybridized carbons (Fsp3) is 0.571. The average molecular weight is 269 g/mol. The molecule has 3 nitrogen and oxygen atoms in total. The molecule has 0 saturated carbocycles. The van der Waals surface area contributed by atoms with Gasteiger partial charge < -0.3 is 15.4 Å². The third-order valence-electron chi connectivity index (χ3n) is 3.47. The van der Waals surface area contributed by atoms with Crippen LogP contribution >= 0.6 is 11.6 Å². The van der Waals surface area contributed by atoms with Crippen LogP contribution in [0.3, 0.4) is 0 Å². The number of morpholine rings is 1. The second kappa shape index (κ2) is 6.41. The summed E-state index contributed by atoms with van der Waals surface area (Å²) in [6.07, 6.45) is 1.93. The molecule has 0 aromatic heterocycles. The first-order valence-corrected chi connectivity index (χ1v) is 6.97. The molecule has 1 fully saturated rings. The zero-order chi connectivity index (χ0) is 13.0. The highest BCUT2D eigenvalue weighted by atomic mass is 35.5. The Kier molecular flexibility index (Phi) is 4.87. The Morgan fingerprint density at radius 3 is 3.06 bits per heavy atom. The highest BCUT2D eigenvalue weighted by Crippen LogP contribution is 2.33. The Hall–Kier alpha value is -0.770. The lowest BCUT2D eigenvalue weighted by molar-refractivity contribution is 0.0929. The van der Waals surface area contributed by atoms with Gasteiger partial charge in [0.25, 0.3) is 0 Å². The molecule has 1 aromatic rings. The van der Waals surface area contributed by atoms with Crippen LogP contribution in [-0.2, 0) is 11.2 Å². The smallest absolute Gasteiger partial charge is 0.0670 e. The highest BCUT2D eigenvalue weighted by Gasteiger charge is 2.25. The van der Waals surface area contributed by atoms with Crippen molar-refractivity contribution in [3.8, 4) is 0 Å². The van der Waals surface area contributed by atoms with E-state index in [9.17, 15) is 0 Å². The van der Waals surface area contributed by atoms with Gasteiger partial charge in [-0.1, -0.05) is 30.7 Å². The molecule has 1 aromatic carbocycles. The van der Waals surface area contributed by atoms with Crippen LogP contribution in [0.1, 0.15) is 18.9 Å². The van der Waals surface area contributed by atoms with Gasteiger partial charge in [0.05, 0.1) is 30.0 Å². The third-order valence-corrected chi connectivity index (χ3v) is 3.78. The van der Waals surface area contributed by atoms with Crippen molar-refractivity contribution in [3.63, 3.8) is 0 Å². The van der Waals surface area contributed by atoms with Crippen LogP contribution in [-0.4, -0.2) is 32.3 Å². The Labute approximate surface area is 114 Å². The number of rotatable bonds is 4. The van der Waals surface area contributed by atoms with E-state index in [1.807, 2.05) is 12.1 Å². The minimum atomic E-state index is 0.412. The lowest BCUT2D eigenvalue weighted by Crippen LogP contribution is -2.45. The van der Waals surface area contributed by atoms with Crippen molar-refractivity contribution in [2.24, 2.45) is 5.73 Å². The van der Waals surface area contributed by atoms with E-state index in [2.05, 4.69) is 17.9 Å². The monoisotopic (exact) mass is 268 g/mol. The molecule has 0 spiro atoms. The van der Waals surface area contributed by atoms with Gasteiger partial charge in [0.15, 0.2) is 0 Å². The number of benzene rings is 1. The molecular weight excluding hydrogens is 248 g/mol. The molecule has 2 rings (SSSR count). The van der Waals surface area contributed by atoms with E-state index in [1.165, 1.54) is 5.56 Å². The molecular formula is C14H21ClN2O. The number of anilines is 1. The molecule has 1 saturated heterocycles. The standard InChI is InChI=1S/C14H21ClN2O/c1-2-12-10-18-9-8-17(12)14-11(6-7-16)4-3-5-13(14)15/h3-5,12H,2,6-10,16H2,1H3. The average Bonchev–Trinajstić information content (AvgIpc) is 2.39. The van der Waals surface area contributed by atoms with Gasteiger partial charge in [-0.2, -0.15) is 0 Å². The van der Waals surface area contributed by atoms with Crippen molar-refractivity contribution in [2.45, 2.75) is 25.8 Å². The normalized spacial score (nSPS) is 20.2. The van der Waals surface area contributed by atoms with E-state index in [0.717, 1.165) is 43.3 Å². The predicted molar refractivity (Wildman–Crippen MR) is 76.5 cm³/mol. The fourth-order valence-electron chi connectivity index (χ4n) is 2.53. The summed E-state index contributed by atoms with van der Waals surface area (Å²) in [7, 11) is 0. The molecule has 1 aliphatic rings. The molecule has 2 N–H and O–H groups in total. The summed E-state index contributed by atoms with van der Waals surface area (Å²) in [6.45, 7) is 5.29. The number of nitrogens with two attached hydrogens (primary N) is 1. The lowest BCUT2D eigenvalue weighted by Gasteiger charge is -2.38. The van der Waals surface area contributed by atoms with Crippen molar-refractivity contribution in [3.05, 3.63) is 28.8 Å². The summed E-state index contributed by atoms with van der Waals surface area (Å²) in [5.74, 6) is 0. The van der Waals surface area contributed by atoms with E-state index >= 15 is 0 Å². The van der Waals surface area contributed by atoms with Crippen LogP contribution in [0.2, 0.25) is 5.02 Å². The summed E-state index contributed by atoms with van der Waals surface area (Å²) in [5.41, 5.74) is 8.08. The van der Waals surface area contributed by atoms with Crippen molar-refractivity contribution >= 4 is 17.3 Å². The first-order chi connectivity index (χ1) is 8.77. The summed E-state index contributed by atoms with van der Waals surface area (Å²) in [5, 5.41) is 0.821. The number of halogens is 1. The summed E-state index contributed by atoms with van der Waals surface area (Å²) in [6, 6.07) is 6.49. The summed E-state index contributed by atoms with van der Waals surface area (Å²) >= 11 is 6.40.